The number of aliphatic hydroxyl groups excluding tert-OH is 1. The Morgan fingerprint density at radius 1 is 1.43 bits per heavy atom. The number of aliphatic hydroxyl groups is 1. The van der Waals surface area contributed by atoms with Crippen molar-refractivity contribution in [3.8, 4) is 0 Å². The number of hydrogen-bond acceptors (Lipinski definition) is 3. The Balaban J connectivity index is 2.12. The summed E-state index contributed by atoms with van der Waals surface area (Å²) in [7, 11) is -3.19. The van der Waals surface area contributed by atoms with Crippen LogP contribution in [0.25, 0.3) is 0 Å². The smallest absolute Gasteiger partial charge is 0.211 e. The third-order valence-corrected chi connectivity index (χ3v) is 4.50. The molecule has 2 rings (SSSR count). The zero-order valence-electron chi connectivity index (χ0n) is 7.93. The minimum absolute atomic E-state index is 0.00488. The van der Waals surface area contributed by atoms with E-state index >= 15 is 0 Å². The van der Waals surface area contributed by atoms with Crippen molar-refractivity contribution in [2.75, 3.05) is 19.3 Å². The summed E-state index contributed by atoms with van der Waals surface area (Å²) in [4.78, 5) is 0. The molecule has 0 bridgehead atoms. The lowest BCUT2D eigenvalue weighted by atomic mass is 10.00. The molecule has 0 aromatic carbocycles. The first-order chi connectivity index (χ1) is 6.39. The van der Waals surface area contributed by atoms with E-state index in [4.69, 9.17) is 0 Å². The molecule has 1 saturated carbocycles. The Labute approximate surface area is 82.8 Å². The molecule has 2 fully saturated rings. The summed E-state index contributed by atoms with van der Waals surface area (Å²) in [5.74, 6) is -0.213. The minimum Gasteiger partial charge on any atom is -0.390 e. The molecule has 0 aromatic rings. The predicted octanol–water partition coefficient (Wildman–Crippen LogP) is -0.403. The largest absolute Gasteiger partial charge is 0.390 e. The molecule has 1 aliphatic heterocycles. The third kappa shape index (κ3) is 1.55. The van der Waals surface area contributed by atoms with Gasteiger partial charge in [-0.05, 0) is 12.3 Å². The summed E-state index contributed by atoms with van der Waals surface area (Å²) in [5, 5.41) is 9.45. The highest BCUT2D eigenvalue weighted by Crippen LogP contribution is 2.40. The van der Waals surface area contributed by atoms with Gasteiger partial charge in [0, 0.05) is 19.0 Å². The molecule has 4 nitrogen and oxygen atoms in total. The van der Waals surface area contributed by atoms with E-state index in [1.165, 1.54) is 4.31 Å². The van der Waals surface area contributed by atoms with Crippen LogP contribution in [-0.2, 0) is 10.0 Å². The number of fused-ring (bicyclic) bond motifs is 1. The highest BCUT2D eigenvalue weighted by molar-refractivity contribution is 7.88. The van der Waals surface area contributed by atoms with Crippen LogP contribution in [0.4, 0.5) is 4.39 Å². The van der Waals surface area contributed by atoms with E-state index < -0.39 is 22.3 Å². The first kappa shape index (κ1) is 10.3. The molecule has 0 aromatic heterocycles. The average Bonchev–Trinajstić information content (AvgIpc) is 2.54. The second-order valence-electron chi connectivity index (χ2n) is 4.25. The molecule has 2 unspecified atom stereocenters. The molecule has 0 spiro atoms. The molecule has 6 heteroatoms. The lowest BCUT2D eigenvalue weighted by molar-refractivity contribution is 0.0680. The summed E-state index contributed by atoms with van der Waals surface area (Å²) in [6, 6.07) is 0. The van der Waals surface area contributed by atoms with Gasteiger partial charge in [-0.15, -0.1) is 0 Å². The summed E-state index contributed by atoms with van der Waals surface area (Å²) >= 11 is 0. The van der Waals surface area contributed by atoms with Crippen molar-refractivity contribution in [3.05, 3.63) is 0 Å². The second-order valence-corrected chi connectivity index (χ2v) is 6.23. The molecule has 4 atom stereocenters. The van der Waals surface area contributed by atoms with Crippen molar-refractivity contribution < 1.29 is 17.9 Å². The minimum atomic E-state index is -3.19. The van der Waals surface area contributed by atoms with Gasteiger partial charge in [0.25, 0.3) is 0 Å². The van der Waals surface area contributed by atoms with Gasteiger partial charge >= 0.3 is 0 Å². The lowest BCUT2D eigenvalue weighted by Crippen LogP contribution is -2.32. The maximum Gasteiger partial charge on any atom is 0.211 e. The Bertz CT molecular complexity index is 331. The van der Waals surface area contributed by atoms with E-state index in [1.54, 1.807) is 0 Å². The monoisotopic (exact) mass is 223 g/mol. The molecule has 2 aliphatic rings. The van der Waals surface area contributed by atoms with Crippen LogP contribution in [0.3, 0.4) is 0 Å². The van der Waals surface area contributed by atoms with Crippen LogP contribution >= 0.6 is 0 Å². The van der Waals surface area contributed by atoms with Crippen LogP contribution < -0.4 is 0 Å². The Kier molecular flexibility index (Phi) is 2.32. The number of hydrogen-bond donors (Lipinski definition) is 1. The van der Waals surface area contributed by atoms with Gasteiger partial charge in [-0.25, -0.2) is 17.1 Å². The van der Waals surface area contributed by atoms with Gasteiger partial charge in [-0.2, -0.15) is 0 Å². The second kappa shape index (κ2) is 3.15. The van der Waals surface area contributed by atoms with Crippen LogP contribution in [0.1, 0.15) is 6.42 Å². The van der Waals surface area contributed by atoms with Crippen molar-refractivity contribution in [2.45, 2.75) is 18.7 Å². The van der Waals surface area contributed by atoms with Crippen LogP contribution in [-0.4, -0.2) is 49.5 Å². The zero-order chi connectivity index (χ0) is 10.5. The van der Waals surface area contributed by atoms with E-state index in [9.17, 15) is 17.9 Å². The Morgan fingerprint density at radius 2 is 2.07 bits per heavy atom. The summed E-state index contributed by atoms with van der Waals surface area (Å²) < 4.78 is 36.8. The molecule has 82 valence electrons. The first-order valence-corrected chi connectivity index (χ1v) is 6.51. The predicted molar refractivity (Wildman–Crippen MR) is 48.9 cm³/mol. The molecular weight excluding hydrogens is 209 g/mol. The quantitative estimate of drug-likeness (QED) is 0.658. The molecular formula is C8H14FNO3S. The maximum atomic E-state index is 13.0. The zero-order valence-corrected chi connectivity index (χ0v) is 8.74. The van der Waals surface area contributed by atoms with Crippen LogP contribution in [0.5, 0.6) is 0 Å². The normalized spacial score (nSPS) is 44.2. The van der Waals surface area contributed by atoms with Crippen LogP contribution in [0, 0.1) is 11.8 Å². The van der Waals surface area contributed by atoms with Gasteiger partial charge in [0.05, 0.1) is 12.4 Å². The number of halogens is 1. The standard InChI is InChI=1S/C8H14FNO3S/c1-14(12,13)10-3-5-2-7(9)8(11)6(5)4-10/h5-8,11H,2-4H2,1H3/t5?,6?,7-,8+/m1/s1. The Hall–Kier alpha value is -0.200. The number of nitrogens with zero attached hydrogens (tertiary/aromatic N) is 1. The van der Waals surface area contributed by atoms with Crippen molar-refractivity contribution in [1.29, 1.82) is 0 Å². The first-order valence-electron chi connectivity index (χ1n) is 4.67. The highest BCUT2D eigenvalue weighted by atomic mass is 32.2. The van der Waals surface area contributed by atoms with E-state index in [1.807, 2.05) is 0 Å². The molecule has 14 heavy (non-hydrogen) atoms. The molecule has 1 aliphatic carbocycles. The van der Waals surface area contributed by atoms with Gasteiger partial charge in [-0.1, -0.05) is 0 Å². The fourth-order valence-electron chi connectivity index (χ4n) is 2.46. The lowest BCUT2D eigenvalue weighted by Gasteiger charge is -2.16. The van der Waals surface area contributed by atoms with Gasteiger partial charge in [0.2, 0.25) is 10.0 Å². The number of rotatable bonds is 1. The third-order valence-electron chi connectivity index (χ3n) is 3.26. The maximum absolute atomic E-state index is 13.0. The average molecular weight is 223 g/mol. The highest BCUT2D eigenvalue weighted by Gasteiger charge is 2.49. The van der Waals surface area contributed by atoms with E-state index in [2.05, 4.69) is 0 Å². The fraction of sp³-hybridized carbons (Fsp3) is 1.00. The summed E-state index contributed by atoms with van der Waals surface area (Å²) in [6.45, 7) is 0.631. The van der Waals surface area contributed by atoms with Crippen molar-refractivity contribution >= 4 is 10.0 Å². The van der Waals surface area contributed by atoms with Gasteiger partial charge in [0.15, 0.2) is 0 Å². The molecule has 1 N–H and O–H groups in total. The molecule has 1 heterocycles. The van der Waals surface area contributed by atoms with Gasteiger partial charge in [-0.3, -0.25) is 0 Å². The van der Waals surface area contributed by atoms with Crippen molar-refractivity contribution in [1.82, 2.24) is 4.31 Å². The Morgan fingerprint density at radius 3 is 2.57 bits per heavy atom. The number of alkyl halides is 1. The number of sulfonamides is 1. The fourth-order valence-corrected chi connectivity index (χ4v) is 3.36. The van der Waals surface area contributed by atoms with Crippen molar-refractivity contribution in [3.63, 3.8) is 0 Å². The van der Waals surface area contributed by atoms with E-state index in [0.29, 0.717) is 6.54 Å². The SMILES string of the molecule is CS(=O)(=O)N1CC2C[C@@H](F)[C@@H](O)C2C1. The molecule has 0 amide bonds. The van der Waals surface area contributed by atoms with Crippen molar-refractivity contribution in [2.24, 2.45) is 11.8 Å². The van der Waals surface area contributed by atoms with E-state index in [0.717, 1.165) is 6.26 Å². The summed E-state index contributed by atoms with van der Waals surface area (Å²) in [6.07, 6.45) is -0.718. The molecule has 0 radical (unpaired) electrons. The van der Waals surface area contributed by atoms with Crippen LogP contribution in [0.2, 0.25) is 0 Å². The topological polar surface area (TPSA) is 57.6 Å². The molecule has 1 saturated heterocycles. The van der Waals surface area contributed by atoms with E-state index in [-0.39, 0.29) is 24.8 Å². The van der Waals surface area contributed by atoms with Gasteiger partial charge < -0.3 is 5.11 Å². The summed E-state index contributed by atoms with van der Waals surface area (Å²) in [5.41, 5.74) is 0. The van der Waals surface area contributed by atoms with Gasteiger partial charge in [0.1, 0.15) is 6.17 Å². The van der Waals surface area contributed by atoms with Crippen LogP contribution in [0.15, 0.2) is 0 Å².